The van der Waals surface area contributed by atoms with E-state index in [0.717, 1.165) is 29.1 Å². The highest BCUT2D eigenvalue weighted by Crippen LogP contribution is 2.37. The number of hydrogen-bond acceptors (Lipinski definition) is 2. The molecule has 106 valence electrons. The van der Waals surface area contributed by atoms with Crippen molar-refractivity contribution >= 4 is 15.9 Å². The monoisotopic (exact) mass is 325 g/mol. The molecule has 0 aliphatic heterocycles. The van der Waals surface area contributed by atoms with Crippen LogP contribution in [0.3, 0.4) is 0 Å². The van der Waals surface area contributed by atoms with Gasteiger partial charge in [-0.05, 0) is 67.3 Å². The Morgan fingerprint density at radius 1 is 1.32 bits per heavy atom. The molecule has 1 aromatic carbocycles. The van der Waals surface area contributed by atoms with E-state index in [9.17, 15) is 0 Å². The molecule has 2 N–H and O–H groups in total. The SMILES string of the molecule is COc1ccc(Br)cc1CC1CC(C)CCC1CN. The number of halogens is 1. The summed E-state index contributed by atoms with van der Waals surface area (Å²) >= 11 is 3.55. The average molecular weight is 326 g/mol. The highest BCUT2D eigenvalue weighted by Gasteiger charge is 2.28. The molecular weight excluding hydrogens is 302 g/mol. The summed E-state index contributed by atoms with van der Waals surface area (Å²) in [5.41, 5.74) is 7.25. The molecule has 0 aromatic heterocycles. The molecule has 0 radical (unpaired) electrons. The summed E-state index contributed by atoms with van der Waals surface area (Å²) in [4.78, 5) is 0. The van der Waals surface area contributed by atoms with Gasteiger partial charge in [-0.25, -0.2) is 0 Å². The van der Waals surface area contributed by atoms with Crippen molar-refractivity contribution in [2.75, 3.05) is 13.7 Å². The molecule has 2 rings (SSSR count). The molecule has 1 aliphatic rings. The van der Waals surface area contributed by atoms with Crippen LogP contribution in [-0.2, 0) is 6.42 Å². The van der Waals surface area contributed by atoms with Crippen LogP contribution in [-0.4, -0.2) is 13.7 Å². The van der Waals surface area contributed by atoms with Gasteiger partial charge in [-0.3, -0.25) is 0 Å². The van der Waals surface area contributed by atoms with Crippen LogP contribution in [0.5, 0.6) is 5.75 Å². The minimum atomic E-state index is 0.667. The van der Waals surface area contributed by atoms with Crippen molar-refractivity contribution in [2.45, 2.75) is 32.6 Å². The number of hydrogen-bond donors (Lipinski definition) is 1. The molecule has 3 atom stereocenters. The van der Waals surface area contributed by atoms with Crippen LogP contribution in [0.15, 0.2) is 22.7 Å². The molecule has 0 saturated heterocycles. The maximum atomic E-state index is 5.95. The molecule has 2 nitrogen and oxygen atoms in total. The third-order valence-electron chi connectivity index (χ3n) is 4.43. The maximum absolute atomic E-state index is 5.95. The predicted octanol–water partition coefficient (Wildman–Crippen LogP) is 4.01. The van der Waals surface area contributed by atoms with Gasteiger partial charge in [0.25, 0.3) is 0 Å². The van der Waals surface area contributed by atoms with Gasteiger partial charge in [0.2, 0.25) is 0 Å². The van der Waals surface area contributed by atoms with E-state index < -0.39 is 0 Å². The van der Waals surface area contributed by atoms with Gasteiger partial charge in [0.15, 0.2) is 0 Å². The summed E-state index contributed by atoms with van der Waals surface area (Å²) in [6.45, 7) is 3.17. The fraction of sp³-hybridized carbons (Fsp3) is 0.625. The molecule has 1 saturated carbocycles. The van der Waals surface area contributed by atoms with Crippen LogP contribution in [0.1, 0.15) is 31.7 Å². The number of methoxy groups -OCH3 is 1. The molecule has 19 heavy (non-hydrogen) atoms. The van der Waals surface area contributed by atoms with E-state index in [-0.39, 0.29) is 0 Å². The van der Waals surface area contributed by atoms with Gasteiger partial charge in [0.1, 0.15) is 5.75 Å². The van der Waals surface area contributed by atoms with Gasteiger partial charge in [-0.2, -0.15) is 0 Å². The van der Waals surface area contributed by atoms with E-state index in [1.54, 1.807) is 7.11 Å². The summed E-state index contributed by atoms with van der Waals surface area (Å²) in [6, 6.07) is 6.26. The summed E-state index contributed by atoms with van der Waals surface area (Å²) in [5, 5.41) is 0. The zero-order valence-corrected chi connectivity index (χ0v) is 13.4. The van der Waals surface area contributed by atoms with Gasteiger partial charge < -0.3 is 10.5 Å². The highest BCUT2D eigenvalue weighted by molar-refractivity contribution is 9.10. The van der Waals surface area contributed by atoms with Gasteiger partial charge in [0.05, 0.1) is 7.11 Å². The van der Waals surface area contributed by atoms with Gasteiger partial charge in [0, 0.05) is 4.47 Å². The average Bonchev–Trinajstić information content (AvgIpc) is 2.39. The van der Waals surface area contributed by atoms with Crippen LogP contribution < -0.4 is 10.5 Å². The fourth-order valence-electron chi connectivity index (χ4n) is 3.31. The summed E-state index contributed by atoms with van der Waals surface area (Å²) in [5.74, 6) is 3.18. The summed E-state index contributed by atoms with van der Waals surface area (Å²) in [6.07, 6.45) is 4.97. The van der Waals surface area contributed by atoms with Crippen LogP contribution in [0.25, 0.3) is 0 Å². The van der Waals surface area contributed by atoms with E-state index in [2.05, 4.69) is 28.9 Å². The van der Waals surface area contributed by atoms with Crippen molar-refractivity contribution in [3.8, 4) is 5.75 Å². The lowest BCUT2D eigenvalue weighted by atomic mass is 9.72. The lowest BCUT2D eigenvalue weighted by molar-refractivity contribution is 0.192. The van der Waals surface area contributed by atoms with E-state index in [1.165, 1.54) is 24.8 Å². The third-order valence-corrected chi connectivity index (χ3v) is 4.92. The lowest BCUT2D eigenvalue weighted by Gasteiger charge is -2.34. The van der Waals surface area contributed by atoms with Crippen LogP contribution >= 0.6 is 15.9 Å². The number of benzene rings is 1. The zero-order chi connectivity index (χ0) is 13.8. The zero-order valence-electron chi connectivity index (χ0n) is 11.9. The standard InChI is InChI=1S/C16H24BrNO/c1-11-3-4-12(10-18)13(7-11)8-14-9-15(17)5-6-16(14)19-2/h5-6,9,11-13H,3-4,7-8,10,18H2,1-2H3. The van der Waals surface area contributed by atoms with Gasteiger partial charge in [-0.15, -0.1) is 0 Å². The smallest absolute Gasteiger partial charge is 0.122 e. The van der Waals surface area contributed by atoms with Crippen molar-refractivity contribution in [3.05, 3.63) is 28.2 Å². The highest BCUT2D eigenvalue weighted by atomic mass is 79.9. The van der Waals surface area contributed by atoms with Crippen LogP contribution in [0.4, 0.5) is 0 Å². The first-order chi connectivity index (χ1) is 9.13. The van der Waals surface area contributed by atoms with Gasteiger partial charge >= 0.3 is 0 Å². The summed E-state index contributed by atoms with van der Waals surface area (Å²) in [7, 11) is 1.75. The molecule has 1 fully saturated rings. The molecule has 0 spiro atoms. The van der Waals surface area contributed by atoms with Gasteiger partial charge in [-0.1, -0.05) is 29.3 Å². The second-order valence-corrected chi connectivity index (χ2v) is 6.75. The molecule has 1 aromatic rings. The first-order valence-electron chi connectivity index (χ1n) is 7.16. The van der Waals surface area contributed by atoms with Crippen molar-refractivity contribution in [3.63, 3.8) is 0 Å². The maximum Gasteiger partial charge on any atom is 0.122 e. The largest absolute Gasteiger partial charge is 0.496 e. The lowest BCUT2D eigenvalue weighted by Crippen LogP contribution is -2.31. The first-order valence-corrected chi connectivity index (χ1v) is 7.95. The Bertz CT molecular complexity index is 421. The van der Waals surface area contributed by atoms with E-state index in [1.807, 2.05) is 12.1 Å². The Labute approximate surface area is 124 Å². The Balaban J connectivity index is 2.16. The minimum absolute atomic E-state index is 0.667. The Kier molecular flexibility index (Phi) is 5.28. The fourth-order valence-corrected chi connectivity index (χ4v) is 3.72. The molecule has 3 unspecified atom stereocenters. The van der Waals surface area contributed by atoms with Crippen molar-refractivity contribution in [1.29, 1.82) is 0 Å². The topological polar surface area (TPSA) is 35.2 Å². The predicted molar refractivity (Wildman–Crippen MR) is 83.4 cm³/mol. The first kappa shape index (κ1) is 14.9. The second-order valence-electron chi connectivity index (χ2n) is 5.83. The Morgan fingerprint density at radius 2 is 2.11 bits per heavy atom. The number of nitrogens with two attached hydrogens (primary N) is 1. The quantitative estimate of drug-likeness (QED) is 0.907. The molecular formula is C16H24BrNO. The van der Waals surface area contributed by atoms with Crippen LogP contribution in [0.2, 0.25) is 0 Å². The Hall–Kier alpha value is -0.540. The molecule has 0 bridgehead atoms. The molecule has 0 heterocycles. The van der Waals surface area contributed by atoms with Crippen LogP contribution in [0, 0.1) is 17.8 Å². The number of ether oxygens (including phenoxy) is 1. The minimum Gasteiger partial charge on any atom is -0.496 e. The Morgan fingerprint density at radius 3 is 2.79 bits per heavy atom. The molecule has 1 aliphatic carbocycles. The normalized spacial score (nSPS) is 27.3. The molecule has 0 amide bonds. The van der Waals surface area contributed by atoms with E-state index in [0.29, 0.717) is 11.8 Å². The third kappa shape index (κ3) is 3.73. The van der Waals surface area contributed by atoms with E-state index >= 15 is 0 Å². The summed E-state index contributed by atoms with van der Waals surface area (Å²) < 4.78 is 6.61. The van der Waals surface area contributed by atoms with Crippen molar-refractivity contribution in [1.82, 2.24) is 0 Å². The second kappa shape index (κ2) is 6.76. The molecule has 3 heteroatoms. The number of rotatable bonds is 4. The van der Waals surface area contributed by atoms with Crippen molar-refractivity contribution in [2.24, 2.45) is 23.5 Å². The van der Waals surface area contributed by atoms with E-state index in [4.69, 9.17) is 10.5 Å². The van der Waals surface area contributed by atoms with Crippen molar-refractivity contribution < 1.29 is 4.74 Å².